The monoisotopic (exact) mass is 417 g/mol. The van der Waals surface area contributed by atoms with Gasteiger partial charge < -0.3 is 0 Å². The second-order valence-corrected chi connectivity index (χ2v) is 11.0. The first kappa shape index (κ1) is 23.1. The fourth-order valence-electron chi connectivity index (χ4n) is 7.07. The van der Waals surface area contributed by atoms with Gasteiger partial charge in [0.15, 0.2) is 0 Å². The van der Waals surface area contributed by atoms with Crippen LogP contribution in [0, 0.1) is 0 Å². The third-order valence-electron chi connectivity index (χ3n) is 9.05. The molecule has 4 aliphatic rings. The van der Waals surface area contributed by atoms with Gasteiger partial charge in [-0.2, -0.15) is 0 Å². The van der Waals surface area contributed by atoms with E-state index < -0.39 is 0 Å². The summed E-state index contributed by atoms with van der Waals surface area (Å²) in [4.78, 5) is 8.89. The fourth-order valence-corrected chi connectivity index (χ4v) is 7.07. The van der Waals surface area contributed by atoms with E-state index in [0.717, 1.165) is 18.1 Å². The zero-order valence-corrected chi connectivity index (χ0v) is 20.0. The van der Waals surface area contributed by atoms with Crippen LogP contribution in [0.5, 0.6) is 0 Å². The Bertz CT molecular complexity index is 364. The summed E-state index contributed by atoms with van der Waals surface area (Å²) in [5, 5.41) is 0. The highest BCUT2D eigenvalue weighted by Crippen LogP contribution is 2.27. The molecule has 0 aromatic rings. The molecule has 0 unspecified atom stereocenters. The van der Waals surface area contributed by atoms with Crippen molar-refractivity contribution in [1.82, 2.24) is 14.7 Å². The van der Waals surface area contributed by atoms with Crippen LogP contribution in [-0.2, 0) is 0 Å². The van der Waals surface area contributed by atoms with E-state index >= 15 is 0 Å². The maximum absolute atomic E-state index is 2.96. The van der Waals surface area contributed by atoms with Gasteiger partial charge in [-0.15, -0.1) is 0 Å². The molecule has 0 aromatic carbocycles. The molecule has 3 saturated carbocycles. The molecule has 0 atom stereocenters. The predicted molar refractivity (Wildman–Crippen MR) is 129 cm³/mol. The zero-order valence-electron chi connectivity index (χ0n) is 20.0. The van der Waals surface area contributed by atoms with Gasteiger partial charge in [-0.1, -0.05) is 77.0 Å². The van der Waals surface area contributed by atoms with Gasteiger partial charge in [0, 0.05) is 57.4 Å². The second kappa shape index (κ2) is 12.8. The maximum Gasteiger partial charge on any atom is 0.0113 e. The van der Waals surface area contributed by atoms with E-state index in [1.807, 2.05) is 0 Å². The first-order chi connectivity index (χ1) is 14.9. The van der Waals surface area contributed by atoms with E-state index in [2.05, 4.69) is 14.7 Å². The fraction of sp³-hybridized carbons (Fsp3) is 1.00. The highest BCUT2D eigenvalue weighted by atomic mass is 15.3. The van der Waals surface area contributed by atoms with E-state index in [9.17, 15) is 0 Å². The molecule has 4 rings (SSSR count). The van der Waals surface area contributed by atoms with Crippen molar-refractivity contribution in [3.63, 3.8) is 0 Å². The molecule has 3 heteroatoms. The van der Waals surface area contributed by atoms with Crippen molar-refractivity contribution in [2.45, 2.75) is 134 Å². The first-order valence-corrected chi connectivity index (χ1v) is 14.1. The standard InChI is InChI=1S/C27H51N3/c1-2-8-14-25(13-7-1)28-19-21-29(26-15-9-3-4-10-16-26)23-24-30(22-20-28)27-17-11-5-6-12-18-27/h25-27H,1-24H2. The third kappa shape index (κ3) is 6.94. The lowest BCUT2D eigenvalue weighted by molar-refractivity contribution is 0.131. The quantitative estimate of drug-likeness (QED) is 0.516. The molecule has 0 radical (unpaired) electrons. The van der Waals surface area contributed by atoms with Gasteiger partial charge in [0.25, 0.3) is 0 Å². The van der Waals surface area contributed by atoms with Gasteiger partial charge in [-0.3, -0.25) is 14.7 Å². The molecule has 0 spiro atoms. The average molecular weight is 418 g/mol. The number of hydrogen-bond donors (Lipinski definition) is 0. The molecule has 0 amide bonds. The van der Waals surface area contributed by atoms with Crippen molar-refractivity contribution in [3.8, 4) is 0 Å². The van der Waals surface area contributed by atoms with Gasteiger partial charge in [0.05, 0.1) is 0 Å². The van der Waals surface area contributed by atoms with Crippen LogP contribution in [0.3, 0.4) is 0 Å². The Labute approximate surface area is 187 Å². The summed E-state index contributed by atoms with van der Waals surface area (Å²) >= 11 is 0. The van der Waals surface area contributed by atoms with Crippen molar-refractivity contribution in [3.05, 3.63) is 0 Å². The van der Waals surface area contributed by atoms with Crippen LogP contribution in [0.15, 0.2) is 0 Å². The van der Waals surface area contributed by atoms with E-state index in [4.69, 9.17) is 0 Å². The summed E-state index contributed by atoms with van der Waals surface area (Å²) in [6.45, 7) is 8.00. The summed E-state index contributed by atoms with van der Waals surface area (Å²) in [5.74, 6) is 0. The van der Waals surface area contributed by atoms with Gasteiger partial charge in [0.2, 0.25) is 0 Å². The lowest BCUT2D eigenvalue weighted by Gasteiger charge is -2.35. The van der Waals surface area contributed by atoms with Crippen molar-refractivity contribution in [2.24, 2.45) is 0 Å². The Morgan fingerprint density at radius 1 is 0.267 bits per heavy atom. The number of rotatable bonds is 3. The third-order valence-corrected chi connectivity index (χ3v) is 9.05. The minimum absolute atomic E-state index is 0.873. The molecule has 174 valence electrons. The lowest BCUT2D eigenvalue weighted by Crippen LogP contribution is -2.44. The minimum atomic E-state index is 0.873. The van der Waals surface area contributed by atoms with Crippen LogP contribution in [-0.4, -0.2) is 72.1 Å². The van der Waals surface area contributed by atoms with Crippen LogP contribution in [0.25, 0.3) is 0 Å². The average Bonchev–Trinajstić information content (AvgIpc) is 3.27. The van der Waals surface area contributed by atoms with E-state index in [-0.39, 0.29) is 0 Å². The number of nitrogens with zero attached hydrogens (tertiary/aromatic N) is 3. The van der Waals surface area contributed by atoms with Crippen molar-refractivity contribution < 1.29 is 0 Å². The Balaban J connectivity index is 1.45. The molecule has 3 nitrogen and oxygen atoms in total. The molecule has 3 aliphatic carbocycles. The summed E-state index contributed by atoms with van der Waals surface area (Å²) in [7, 11) is 0. The first-order valence-electron chi connectivity index (χ1n) is 14.1. The highest BCUT2D eigenvalue weighted by Gasteiger charge is 2.28. The lowest BCUT2D eigenvalue weighted by atomic mass is 10.1. The second-order valence-electron chi connectivity index (χ2n) is 11.0. The van der Waals surface area contributed by atoms with Crippen LogP contribution < -0.4 is 0 Å². The zero-order chi connectivity index (χ0) is 20.4. The Hall–Kier alpha value is -0.120. The predicted octanol–water partition coefficient (Wildman–Crippen LogP) is 6.07. The van der Waals surface area contributed by atoms with Gasteiger partial charge in [-0.05, 0) is 38.5 Å². The molecule has 0 aromatic heterocycles. The van der Waals surface area contributed by atoms with Crippen molar-refractivity contribution >= 4 is 0 Å². The molecule has 0 N–H and O–H groups in total. The molecule has 1 saturated heterocycles. The molecule has 1 aliphatic heterocycles. The van der Waals surface area contributed by atoms with E-state index in [1.165, 1.54) is 155 Å². The van der Waals surface area contributed by atoms with Crippen LogP contribution in [0.4, 0.5) is 0 Å². The van der Waals surface area contributed by atoms with Gasteiger partial charge in [0.1, 0.15) is 0 Å². The SMILES string of the molecule is C1CCCC(N2CCN(C3CCCCCC3)CCN(C3CCCCCC3)CC2)CC1. The molecule has 0 bridgehead atoms. The molecule has 1 heterocycles. The van der Waals surface area contributed by atoms with E-state index in [0.29, 0.717) is 0 Å². The van der Waals surface area contributed by atoms with Crippen LogP contribution in [0.1, 0.15) is 116 Å². The topological polar surface area (TPSA) is 9.72 Å². The summed E-state index contributed by atoms with van der Waals surface area (Å²) in [6, 6.07) is 2.62. The summed E-state index contributed by atoms with van der Waals surface area (Å²) < 4.78 is 0. The Morgan fingerprint density at radius 3 is 0.667 bits per heavy atom. The Kier molecular flexibility index (Phi) is 9.83. The van der Waals surface area contributed by atoms with Crippen LogP contribution in [0.2, 0.25) is 0 Å². The molecule has 4 fully saturated rings. The Morgan fingerprint density at radius 2 is 0.467 bits per heavy atom. The largest absolute Gasteiger partial charge is 0.298 e. The molecule has 30 heavy (non-hydrogen) atoms. The van der Waals surface area contributed by atoms with Crippen molar-refractivity contribution in [1.29, 1.82) is 0 Å². The summed E-state index contributed by atoms with van der Waals surface area (Å²) in [5.41, 5.74) is 0. The number of hydrogen-bond acceptors (Lipinski definition) is 3. The summed E-state index contributed by atoms with van der Waals surface area (Å²) in [6.07, 6.45) is 26.5. The van der Waals surface area contributed by atoms with Crippen LogP contribution >= 0.6 is 0 Å². The van der Waals surface area contributed by atoms with Gasteiger partial charge in [-0.25, -0.2) is 0 Å². The molecular formula is C27H51N3. The highest BCUT2D eigenvalue weighted by molar-refractivity contribution is 4.84. The maximum atomic E-state index is 2.96. The smallest absolute Gasteiger partial charge is 0.0113 e. The van der Waals surface area contributed by atoms with Gasteiger partial charge >= 0.3 is 0 Å². The van der Waals surface area contributed by atoms with Crippen molar-refractivity contribution in [2.75, 3.05) is 39.3 Å². The normalized spacial score (nSPS) is 30.0. The molecular weight excluding hydrogens is 366 g/mol. The minimum Gasteiger partial charge on any atom is -0.298 e. The van der Waals surface area contributed by atoms with E-state index in [1.54, 1.807) is 0 Å².